The number of hydrogen-bond donors (Lipinski definition) is 1. The number of carbonyl (C=O) groups excluding carboxylic acids is 1. The van der Waals surface area contributed by atoms with E-state index in [1.54, 1.807) is 13.0 Å². The third kappa shape index (κ3) is 2.68. The first-order chi connectivity index (χ1) is 9.17. The highest BCUT2D eigenvalue weighted by Gasteiger charge is 2.24. The SMILES string of the molecule is CCOC(=O)c1cc(C2CCCC2)nc(O)c1C#N. The Kier molecular flexibility index (Phi) is 4.00. The second-order valence-corrected chi connectivity index (χ2v) is 4.61. The number of nitrogens with zero attached hydrogens (tertiary/aromatic N) is 2. The Morgan fingerprint density at radius 2 is 2.26 bits per heavy atom. The van der Waals surface area contributed by atoms with Crippen LogP contribution in [-0.4, -0.2) is 22.7 Å². The van der Waals surface area contributed by atoms with Gasteiger partial charge in [0.05, 0.1) is 12.2 Å². The van der Waals surface area contributed by atoms with E-state index in [1.807, 2.05) is 6.07 Å². The van der Waals surface area contributed by atoms with Gasteiger partial charge in [0.2, 0.25) is 5.88 Å². The quantitative estimate of drug-likeness (QED) is 0.844. The van der Waals surface area contributed by atoms with Crippen molar-refractivity contribution in [3.63, 3.8) is 0 Å². The normalized spacial score (nSPS) is 15.2. The fraction of sp³-hybridized carbons (Fsp3) is 0.500. The van der Waals surface area contributed by atoms with Crippen LogP contribution in [0.15, 0.2) is 6.07 Å². The Balaban J connectivity index is 2.44. The first-order valence-corrected chi connectivity index (χ1v) is 6.48. The third-order valence-corrected chi connectivity index (χ3v) is 3.40. The molecule has 0 spiro atoms. The molecular weight excluding hydrogens is 244 g/mol. The first-order valence-electron chi connectivity index (χ1n) is 6.48. The van der Waals surface area contributed by atoms with Crippen LogP contribution in [0.5, 0.6) is 5.88 Å². The Bertz CT molecular complexity index is 528. The monoisotopic (exact) mass is 260 g/mol. The lowest BCUT2D eigenvalue weighted by Crippen LogP contribution is -2.10. The number of esters is 1. The lowest BCUT2D eigenvalue weighted by Gasteiger charge is -2.12. The van der Waals surface area contributed by atoms with Crippen LogP contribution in [0.25, 0.3) is 0 Å². The van der Waals surface area contributed by atoms with Crippen molar-refractivity contribution in [3.05, 3.63) is 22.9 Å². The average molecular weight is 260 g/mol. The molecule has 0 amide bonds. The van der Waals surface area contributed by atoms with Gasteiger partial charge in [-0.3, -0.25) is 0 Å². The van der Waals surface area contributed by atoms with Crippen LogP contribution < -0.4 is 0 Å². The second kappa shape index (κ2) is 5.70. The van der Waals surface area contributed by atoms with Crippen molar-refractivity contribution < 1.29 is 14.6 Å². The first kappa shape index (κ1) is 13.3. The van der Waals surface area contributed by atoms with Gasteiger partial charge in [0, 0.05) is 11.6 Å². The van der Waals surface area contributed by atoms with E-state index in [4.69, 9.17) is 10.00 Å². The molecule has 0 radical (unpaired) electrons. The topological polar surface area (TPSA) is 83.2 Å². The largest absolute Gasteiger partial charge is 0.492 e. The van der Waals surface area contributed by atoms with Crippen molar-refractivity contribution in [2.24, 2.45) is 0 Å². The summed E-state index contributed by atoms with van der Waals surface area (Å²) in [6.45, 7) is 1.93. The number of aromatic nitrogens is 1. The molecule has 1 fully saturated rings. The minimum Gasteiger partial charge on any atom is -0.492 e. The van der Waals surface area contributed by atoms with Crippen molar-refractivity contribution >= 4 is 5.97 Å². The number of pyridine rings is 1. The van der Waals surface area contributed by atoms with Crippen LogP contribution in [0.3, 0.4) is 0 Å². The standard InChI is InChI=1S/C14H16N2O3/c1-2-19-14(18)10-7-12(9-5-3-4-6-9)16-13(17)11(10)8-15/h7,9H,2-6H2,1H3,(H,16,17). The third-order valence-electron chi connectivity index (χ3n) is 3.40. The highest BCUT2D eigenvalue weighted by molar-refractivity contribution is 5.93. The minimum absolute atomic E-state index is 0.110. The van der Waals surface area contributed by atoms with Crippen LogP contribution in [0.2, 0.25) is 0 Å². The van der Waals surface area contributed by atoms with Crippen molar-refractivity contribution in [1.29, 1.82) is 5.26 Å². The fourth-order valence-electron chi connectivity index (χ4n) is 2.46. The Morgan fingerprint density at radius 3 is 2.84 bits per heavy atom. The number of aromatic hydroxyl groups is 1. The molecule has 0 aromatic carbocycles. The lowest BCUT2D eigenvalue weighted by atomic mass is 9.99. The summed E-state index contributed by atoms with van der Waals surface area (Å²) in [5.41, 5.74) is 0.677. The molecule has 100 valence electrons. The molecule has 19 heavy (non-hydrogen) atoms. The zero-order valence-electron chi connectivity index (χ0n) is 10.8. The van der Waals surface area contributed by atoms with Crippen molar-refractivity contribution in [2.45, 2.75) is 38.5 Å². The lowest BCUT2D eigenvalue weighted by molar-refractivity contribution is 0.0525. The summed E-state index contributed by atoms with van der Waals surface area (Å²) in [7, 11) is 0. The molecule has 1 heterocycles. The molecule has 0 saturated heterocycles. The van der Waals surface area contributed by atoms with E-state index in [9.17, 15) is 9.90 Å². The molecule has 5 nitrogen and oxygen atoms in total. The molecule has 1 aliphatic rings. The summed E-state index contributed by atoms with van der Waals surface area (Å²) in [6, 6.07) is 3.40. The van der Waals surface area contributed by atoms with E-state index < -0.39 is 5.97 Å². The van der Waals surface area contributed by atoms with Gasteiger partial charge >= 0.3 is 5.97 Å². The maximum absolute atomic E-state index is 11.8. The maximum atomic E-state index is 11.8. The van der Waals surface area contributed by atoms with Crippen molar-refractivity contribution in [1.82, 2.24) is 4.98 Å². The smallest absolute Gasteiger partial charge is 0.339 e. The van der Waals surface area contributed by atoms with Gasteiger partial charge in [-0.25, -0.2) is 9.78 Å². The van der Waals surface area contributed by atoms with Gasteiger partial charge in [0.25, 0.3) is 0 Å². The van der Waals surface area contributed by atoms with Gasteiger partial charge in [-0.1, -0.05) is 12.8 Å². The number of rotatable bonds is 3. The zero-order chi connectivity index (χ0) is 13.8. The molecule has 0 atom stereocenters. The molecule has 2 rings (SSSR count). The summed E-state index contributed by atoms with van der Waals surface area (Å²) in [5.74, 6) is -0.710. The average Bonchev–Trinajstić information content (AvgIpc) is 2.92. The molecule has 1 aromatic heterocycles. The van der Waals surface area contributed by atoms with Gasteiger partial charge in [-0.15, -0.1) is 0 Å². The predicted molar refractivity (Wildman–Crippen MR) is 67.8 cm³/mol. The highest BCUT2D eigenvalue weighted by Crippen LogP contribution is 2.35. The van der Waals surface area contributed by atoms with Gasteiger partial charge in [0.15, 0.2) is 0 Å². The molecule has 1 aromatic rings. The van der Waals surface area contributed by atoms with E-state index in [0.29, 0.717) is 5.69 Å². The van der Waals surface area contributed by atoms with Crippen LogP contribution >= 0.6 is 0 Å². The molecule has 1 aliphatic carbocycles. The highest BCUT2D eigenvalue weighted by atomic mass is 16.5. The molecule has 0 aliphatic heterocycles. The summed E-state index contributed by atoms with van der Waals surface area (Å²) in [6.07, 6.45) is 4.25. The minimum atomic E-state index is -0.587. The van der Waals surface area contributed by atoms with Gasteiger partial charge in [-0.05, 0) is 25.8 Å². The zero-order valence-corrected chi connectivity index (χ0v) is 10.8. The van der Waals surface area contributed by atoms with Crippen LogP contribution in [0, 0.1) is 11.3 Å². The Hall–Kier alpha value is -2.09. The molecule has 1 saturated carbocycles. The number of carbonyl (C=O) groups is 1. The second-order valence-electron chi connectivity index (χ2n) is 4.61. The van der Waals surface area contributed by atoms with Crippen LogP contribution in [-0.2, 0) is 4.74 Å². The maximum Gasteiger partial charge on any atom is 0.339 e. The van der Waals surface area contributed by atoms with Gasteiger partial charge in [-0.2, -0.15) is 5.26 Å². The predicted octanol–water partition coefficient (Wildman–Crippen LogP) is 2.49. The van der Waals surface area contributed by atoms with E-state index in [0.717, 1.165) is 25.7 Å². The van der Waals surface area contributed by atoms with E-state index in [1.165, 1.54) is 0 Å². The summed E-state index contributed by atoms with van der Waals surface area (Å²) in [4.78, 5) is 15.9. The molecule has 1 N–H and O–H groups in total. The summed E-state index contributed by atoms with van der Waals surface area (Å²) >= 11 is 0. The van der Waals surface area contributed by atoms with Crippen LogP contribution in [0.4, 0.5) is 0 Å². The molecule has 0 bridgehead atoms. The van der Waals surface area contributed by atoms with Gasteiger partial charge < -0.3 is 9.84 Å². The van der Waals surface area contributed by atoms with Crippen molar-refractivity contribution in [2.75, 3.05) is 6.61 Å². The van der Waals surface area contributed by atoms with Crippen LogP contribution in [0.1, 0.15) is 60.1 Å². The number of ether oxygens (including phenoxy) is 1. The number of hydrogen-bond acceptors (Lipinski definition) is 5. The van der Waals surface area contributed by atoms with E-state index in [2.05, 4.69) is 4.98 Å². The molecule has 0 unspecified atom stereocenters. The fourth-order valence-corrected chi connectivity index (χ4v) is 2.46. The summed E-state index contributed by atoms with van der Waals surface area (Å²) in [5, 5.41) is 18.8. The Labute approximate surface area is 111 Å². The molecular formula is C14H16N2O3. The van der Waals surface area contributed by atoms with Crippen molar-refractivity contribution in [3.8, 4) is 11.9 Å². The summed E-state index contributed by atoms with van der Waals surface area (Å²) < 4.78 is 4.91. The molecule has 5 heteroatoms. The van der Waals surface area contributed by atoms with E-state index >= 15 is 0 Å². The Morgan fingerprint density at radius 1 is 1.58 bits per heavy atom. The van der Waals surface area contributed by atoms with E-state index in [-0.39, 0.29) is 29.5 Å². The number of nitriles is 1. The van der Waals surface area contributed by atoms with Gasteiger partial charge in [0.1, 0.15) is 11.6 Å².